The first-order valence-corrected chi connectivity index (χ1v) is 5.46. The first-order chi connectivity index (χ1) is 7.38. The monoisotopic (exact) mass is 224 g/mol. The lowest BCUT2D eigenvalue weighted by Gasteiger charge is -2.23. The number of furan rings is 1. The van der Waals surface area contributed by atoms with Gasteiger partial charge in [0.1, 0.15) is 5.76 Å². The van der Waals surface area contributed by atoms with Crippen molar-refractivity contribution in [3.63, 3.8) is 0 Å². The van der Waals surface area contributed by atoms with E-state index in [0.29, 0.717) is 6.54 Å². The van der Waals surface area contributed by atoms with Crippen LogP contribution in [0.1, 0.15) is 33.5 Å². The minimum Gasteiger partial charge on any atom is -0.468 e. The Kier molecular flexibility index (Phi) is 4.12. The molecule has 1 aromatic heterocycles. The molecule has 0 saturated carbocycles. The van der Waals surface area contributed by atoms with E-state index in [4.69, 9.17) is 4.42 Å². The Labute approximate surface area is 96.4 Å². The van der Waals surface area contributed by atoms with Crippen LogP contribution in [0.4, 0.5) is 0 Å². The highest BCUT2D eigenvalue weighted by Gasteiger charge is 2.18. The number of hydrogen-bond donors (Lipinski definition) is 2. The fourth-order valence-electron chi connectivity index (χ4n) is 1.24. The molecule has 0 bridgehead atoms. The molecule has 0 aliphatic heterocycles. The average Bonchev–Trinajstić information content (AvgIpc) is 2.63. The van der Waals surface area contributed by atoms with Crippen molar-refractivity contribution >= 4 is 5.91 Å². The van der Waals surface area contributed by atoms with E-state index in [0.717, 1.165) is 5.76 Å². The molecule has 0 fully saturated rings. The average molecular weight is 224 g/mol. The maximum absolute atomic E-state index is 11.7. The van der Waals surface area contributed by atoms with Gasteiger partial charge in [0.15, 0.2) is 0 Å². The highest BCUT2D eigenvalue weighted by atomic mass is 16.3. The Balaban J connectivity index is 2.35. The number of rotatable bonds is 4. The fourth-order valence-corrected chi connectivity index (χ4v) is 1.24. The lowest BCUT2D eigenvalue weighted by Crippen LogP contribution is -2.49. The number of amides is 1. The summed E-state index contributed by atoms with van der Waals surface area (Å²) in [6.07, 6.45) is 1.62. The van der Waals surface area contributed by atoms with Gasteiger partial charge in [-0.3, -0.25) is 10.1 Å². The Bertz CT molecular complexity index is 325. The summed E-state index contributed by atoms with van der Waals surface area (Å²) in [6.45, 7) is 8.29. The van der Waals surface area contributed by atoms with Crippen molar-refractivity contribution in [1.29, 1.82) is 0 Å². The van der Waals surface area contributed by atoms with Crippen molar-refractivity contribution in [2.45, 2.75) is 45.8 Å². The molecule has 16 heavy (non-hydrogen) atoms. The molecule has 1 unspecified atom stereocenters. The van der Waals surface area contributed by atoms with Gasteiger partial charge in [-0.15, -0.1) is 0 Å². The van der Waals surface area contributed by atoms with E-state index < -0.39 is 0 Å². The Hall–Kier alpha value is -1.29. The summed E-state index contributed by atoms with van der Waals surface area (Å²) in [6, 6.07) is 3.47. The molecule has 1 rings (SSSR count). The van der Waals surface area contributed by atoms with Crippen molar-refractivity contribution < 1.29 is 9.21 Å². The van der Waals surface area contributed by atoms with E-state index in [-0.39, 0.29) is 17.5 Å². The molecule has 4 heteroatoms. The Morgan fingerprint density at radius 1 is 1.50 bits per heavy atom. The maximum Gasteiger partial charge on any atom is 0.237 e. The highest BCUT2D eigenvalue weighted by molar-refractivity contribution is 5.81. The van der Waals surface area contributed by atoms with E-state index in [9.17, 15) is 4.79 Å². The van der Waals surface area contributed by atoms with Gasteiger partial charge in [0.2, 0.25) is 5.91 Å². The van der Waals surface area contributed by atoms with E-state index in [1.165, 1.54) is 0 Å². The van der Waals surface area contributed by atoms with E-state index in [1.54, 1.807) is 6.26 Å². The topological polar surface area (TPSA) is 54.3 Å². The summed E-state index contributed by atoms with van der Waals surface area (Å²) in [5.74, 6) is 0.828. The van der Waals surface area contributed by atoms with Crippen LogP contribution in [-0.2, 0) is 11.3 Å². The molecule has 0 radical (unpaired) electrons. The first kappa shape index (κ1) is 12.8. The van der Waals surface area contributed by atoms with Crippen LogP contribution >= 0.6 is 0 Å². The van der Waals surface area contributed by atoms with E-state index in [2.05, 4.69) is 10.6 Å². The number of carbonyl (C=O) groups is 1. The van der Waals surface area contributed by atoms with Crippen LogP contribution in [0.5, 0.6) is 0 Å². The summed E-state index contributed by atoms with van der Waals surface area (Å²) in [7, 11) is 0. The molecular formula is C12H20N2O2. The predicted octanol–water partition coefficient (Wildman–Crippen LogP) is 1.67. The second kappa shape index (κ2) is 5.16. The zero-order valence-corrected chi connectivity index (χ0v) is 10.3. The molecule has 1 amide bonds. The minimum absolute atomic E-state index is 0.000874. The molecule has 1 aromatic rings. The summed E-state index contributed by atoms with van der Waals surface area (Å²) in [5, 5.41) is 6.02. The van der Waals surface area contributed by atoms with Crippen LogP contribution in [0.15, 0.2) is 22.8 Å². The molecule has 0 aliphatic rings. The van der Waals surface area contributed by atoms with Crippen LogP contribution < -0.4 is 10.6 Å². The SMILES string of the molecule is CC(NCc1ccco1)C(=O)NC(C)(C)C. The van der Waals surface area contributed by atoms with Gasteiger partial charge in [0, 0.05) is 5.54 Å². The molecule has 0 spiro atoms. The predicted molar refractivity (Wildman–Crippen MR) is 62.9 cm³/mol. The lowest BCUT2D eigenvalue weighted by molar-refractivity contribution is -0.124. The van der Waals surface area contributed by atoms with Crippen molar-refractivity contribution in [2.75, 3.05) is 0 Å². The maximum atomic E-state index is 11.7. The molecule has 0 saturated heterocycles. The van der Waals surface area contributed by atoms with Gasteiger partial charge in [-0.1, -0.05) is 0 Å². The first-order valence-electron chi connectivity index (χ1n) is 5.46. The van der Waals surface area contributed by atoms with Crippen LogP contribution in [0, 0.1) is 0 Å². The van der Waals surface area contributed by atoms with Crippen molar-refractivity contribution in [3.8, 4) is 0 Å². The number of carbonyl (C=O) groups excluding carboxylic acids is 1. The standard InChI is InChI=1S/C12H20N2O2/c1-9(11(15)14-12(2,3)4)13-8-10-6-5-7-16-10/h5-7,9,13H,8H2,1-4H3,(H,14,15). The van der Waals surface area contributed by atoms with Gasteiger partial charge >= 0.3 is 0 Å². The Morgan fingerprint density at radius 2 is 2.19 bits per heavy atom. The smallest absolute Gasteiger partial charge is 0.237 e. The highest BCUT2D eigenvalue weighted by Crippen LogP contribution is 2.01. The molecule has 1 heterocycles. The third-order valence-electron chi connectivity index (χ3n) is 2.05. The summed E-state index contributed by atoms with van der Waals surface area (Å²) in [4.78, 5) is 11.7. The van der Waals surface area contributed by atoms with Crippen molar-refractivity contribution in [3.05, 3.63) is 24.2 Å². The Morgan fingerprint density at radius 3 is 2.69 bits per heavy atom. The van der Waals surface area contributed by atoms with Gasteiger partial charge < -0.3 is 9.73 Å². The van der Waals surface area contributed by atoms with Crippen LogP contribution in [-0.4, -0.2) is 17.5 Å². The summed E-state index contributed by atoms with van der Waals surface area (Å²) in [5.41, 5.74) is -0.197. The third kappa shape index (κ3) is 4.49. The van der Waals surface area contributed by atoms with E-state index in [1.807, 2.05) is 39.8 Å². The zero-order valence-electron chi connectivity index (χ0n) is 10.3. The largest absolute Gasteiger partial charge is 0.468 e. The van der Waals surface area contributed by atoms with Gasteiger partial charge in [-0.05, 0) is 39.8 Å². The third-order valence-corrected chi connectivity index (χ3v) is 2.05. The summed E-state index contributed by atoms with van der Waals surface area (Å²) < 4.78 is 5.17. The quantitative estimate of drug-likeness (QED) is 0.818. The summed E-state index contributed by atoms with van der Waals surface area (Å²) >= 11 is 0. The fraction of sp³-hybridized carbons (Fsp3) is 0.583. The van der Waals surface area contributed by atoms with Crippen molar-refractivity contribution in [1.82, 2.24) is 10.6 Å². The minimum atomic E-state index is -0.232. The van der Waals surface area contributed by atoms with Crippen LogP contribution in [0.2, 0.25) is 0 Å². The molecule has 0 aliphatic carbocycles. The van der Waals surface area contributed by atoms with Gasteiger partial charge in [-0.2, -0.15) is 0 Å². The molecule has 90 valence electrons. The van der Waals surface area contributed by atoms with Gasteiger partial charge in [0.25, 0.3) is 0 Å². The molecule has 2 N–H and O–H groups in total. The molecule has 1 atom stereocenters. The second-order valence-electron chi connectivity index (χ2n) is 4.92. The van der Waals surface area contributed by atoms with Crippen LogP contribution in [0.25, 0.3) is 0 Å². The zero-order chi connectivity index (χ0) is 12.2. The molecule has 0 aromatic carbocycles. The lowest BCUT2D eigenvalue weighted by atomic mass is 10.1. The van der Waals surface area contributed by atoms with Gasteiger partial charge in [0.05, 0.1) is 18.8 Å². The van der Waals surface area contributed by atoms with E-state index >= 15 is 0 Å². The van der Waals surface area contributed by atoms with Crippen molar-refractivity contribution in [2.24, 2.45) is 0 Å². The number of hydrogen-bond acceptors (Lipinski definition) is 3. The molecular weight excluding hydrogens is 204 g/mol. The van der Waals surface area contributed by atoms with Gasteiger partial charge in [-0.25, -0.2) is 0 Å². The van der Waals surface area contributed by atoms with Crippen LogP contribution in [0.3, 0.4) is 0 Å². The second-order valence-corrected chi connectivity index (χ2v) is 4.92. The number of nitrogens with one attached hydrogen (secondary N) is 2. The normalized spacial score (nSPS) is 13.5. The molecule has 4 nitrogen and oxygen atoms in total.